The summed E-state index contributed by atoms with van der Waals surface area (Å²) >= 11 is 0. The molecule has 0 radical (unpaired) electrons. The van der Waals surface area contributed by atoms with Crippen molar-refractivity contribution in [2.45, 2.75) is 24.6 Å². The second kappa shape index (κ2) is 13.1. The van der Waals surface area contributed by atoms with Gasteiger partial charge in [-0.3, -0.25) is 9.59 Å². The minimum absolute atomic E-state index is 0. The number of sulfone groups is 1. The van der Waals surface area contributed by atoms with E-state index in [1.807, 2.05) is 0 Å². The van der Waals surface area contributed by atoms with Gasteiger partial charge in [0.15, 0.2) is 14.6 Å². The third-order valence-electron chi connectivity index (χ3n) is 5.23. The molecular weight excluding hydrogens is 535 g/mol. The largest absolute Gasteiger partial charge is 1.00 e. The predicted octanol–water partition coefficient (Wildman–Crippen LogP) is -6.83. The molecule has 0 saturated carbocycles. The van der Waals surface area contributed by atoms with Crippen molar-refractivity contribution in [1.29, 1.82) is 0 Å². The van der Waals surface area contributed by atoms with E-state index in [9.17, 15) is 32.4 Å². The van der Waals surface area contributed by atoms with E-state index < -0.39 is 40.3 Å². The molecule has 0 bridgehead atoms. The van der Waals surface area contributed by atoms with Crippen LogP contribution in [0, 0.1) is 0 Å². The van der Waals surface area contributed by atoms with Crippen LogP contribution in [0.3, 0.4) is 0 Å². The van der Waals surface area contributed by atoms with Crippen LogP contribution in [0.5, 0.6) is 0 Å². The van der Waals surface area contributed by atoms with E-state index >= 15 is 0 Å². The van der Waals surface area contributed by atoms with E-state index in [0.717, 1.165) is 24.4 Å². The van der Waals surface area contributed by atoms with Crippen molar-refractivity contribution in [3.8, 4) is 16.8 Å². The molecule has 3 rings (SSSR count). The minimum atomic E-state index is -5.57. The van der Waals surface area contributed by atoms with Crippen LogP contribution < -0.4 is 79.9 Å². The molecule has 182 valence electrons. The Morgan fingerprint density at radius 3 is 2.19 bits per heavy atom. The first-order chi connectivity index (χ1) is 15.8. The average Bonchev–Trinajstić information content (AvgIpc) is 3.30. The number of hydrogen-bond acceptors (Lipinski definition) is 10. The Balaban J connectivity index is 0.00000324. The number of carbonyl (C=O) groups excluding carboxylic acids is 1. The van der Waals surface area contributed by atoms with Crippen LogP contribution in [-0.2, 0) is 30.4 Å². The predicted molar refractivity (Wildman–Crippen MR) is 116 cm³/mol. The fourth-order valence-electron chi connectivity index (χ4n) is 3.01. The van der Waals surface area contributed by atoms with Gasteiger partial charge in [0.1, 0.15) is 0 Å². The van der Waals surface area contributed by atoms with Gasteiger partial charge in [0.2, 0.25) is 0 Å². The normalized spacial score (nSPS) is 13.1. The molecule has 1 N–H and O–H groups in total. The van der Waals surface area contributed by atoms with Crippen molar-refractivity contribution in [2.75, 3.05) is 6.26 Å². The zero-order valence-corrected chi connectivity index (χ0v) is 25.7. The summed E-state index contributed by atoms with van der Waals surface area (Å²) in [6.45, 7) is 0.851. The molecule has 0 aliphatic carbocycles. The van der Waals surface area contributed by atoms with Gasteiger partial charge in [-0.05, 0) is 42.7 Å². The van der Waals surface area contributed by atoms with Crippen LogP contribution in [0.1, 0.15) is 13.3 Å². The molecule has 1 aromatic carbocycles. The Bertz CT molecular complexity index is 1390. The van der Waals surface area contributed by atoms with Gasteiger partial charge in [-0.25, -0.2) is 18.5 Å². The van der Waals surface area contributed by atoms with Gasteiger partial charge >= 0.3 is 59.1 Å². The summed E-state index contributed by atoms with van der Waals surface area (Å²) in [5.41, 5.74) is 3.00. The fourth-order valence-corrected chi connectivity index (χ4v) is 4.05. The van der Waals surface area contributed by atoms with E-state index in [-0.39, 0.29) is 65.7 Å². The first-order valence-corrected chi connectivity index (χ1v) is 13.0. The van der Waals surface area contributed by atoms with Crippen LogP contribution in [0.15, 0.2) is 59.8 Å². The quantitative estimate of drug-likeness (QED) is 0.151. The van der Waals surface area contributed by atoms with Crippen molar-refractivity contribution < 1.29 is 91.3 Å². The maximum atomic E-state index is 12.6. The zero-order valence-electron chi connectivity index (χ0n) is 20.0. The van der Waals surface area contributed by atoms with Crippen molar-refractivity contribution in [2.24, 2.45) is 0 Å². The number of nitrogens with zero attached hydrogens (tertiary/aromatic N) is 4. The maximum Gasteiger partial charge on any atom is 1.00 e. The summed E-state index contributed by atoms with van der Waals surface area (Å²) in [6.07, 6.45) is 4.92. The molecule has 1 atom stereocenters. The summed E-state index contributed by atoms with van der Waals surface area (Å²) in [7, 11) is -9.67. The SMILES string of the molecule is C[C@@](CCn1ccc(-c2ccc(-n3nccn3)cc2)cc1=O)(C(=O)NOP(=O)([O-])[O-])S(C)(=O)=O.[Na+].[Na+]. The number of carbonyl (C=O) groups is 1. The Morgan fingerprint density at radius 1 is 1.11 bits per heavy atom. The summed E-state index contributed by atoms with van der Waals surface area (Å²) in [5, 5.41) is 8.07. The van der Waals surface area contributed by atoms with Crippen molar-refractivity contribution >= 4 is 23.6 Å². The van der Waals surface area contributed by atoms with E-state index in [1.54, 1.807) is 42.7 Å². The Morgan fingerprint density at radius 2 is 1.69 bits per heavy atom. The summed E-state index contributed by atoms with van der Waals surface area (Å²) in [5.74, 6) is -1.35. The van der Waals surface area contributed by atoms with Crippen LogP contribution >= 0.6 is 7.82 Å². The zero-order chi connectivity index (χ0) is 25.1. The van der Waals surface area contributed by atoms with Crippen LogP contribution in [-0.4, -0.2) is 44.9 Å². The molecular formula is C19H20N5Na2O8PS. The van der Waals surface area contributed by atoms with Crippen molar-refractivity contribution in [1.82, 2.24) is 25.0 Å². The number of phosphoric acid groups is 1. The van der Waals surface area contributed by atoms with Gasteiger partial charge in [-0.15, -0.1) is 0 Å². The molecule has 0 aliphatic heterocycles. The summed E-state index contributed by atoms with van der Waals surface area (Å²) in [6, 6.07) is 10.1. The molecule has 2 heterocycles. The Kier molecular flexibility index (Phi) is 11.9. The molecule has 0 aliphatic rings. The van der Waals surface area contributed by atoms with Gasteiger partial charge in [0.05, 0.1) is 25.9 Å². The number of pyridine rings is 1. The number of rotatable bonds is 9. The van der Waals surface area contributed by atoms with Gasteiger partial charge in [-0.2, -0.15) is 15.0 Å². The third-order valence-corrected chi connectivity index (χ3v) is 7.57. The number of nitrogens with one attached hydrogen (secondary N) is 1. The molecule has 0 saturated heterocycles. The van der Waals surface area contributed by atoms with E-state index in [0.29, 0.717) is 5.56 Å². The number of hydrogen-bond donors (Lipinski definition) is 1. The average molecular weight is 555 g/mol. The van der Waals surface area contributed by atoms with Gasteiger partial charge in [0, 0.05) is 25.1 Å². The first-order valence-electron chi connectivity index (χ1n) is 9.68. The number of aryl methyl sites for hydroxylation is 1. The molecule has 13 nitrogen and oxygen atoms in total. The summed E-state index contributed by atoms with van der Waals surface area (Å²) < 4.78 is 37.8. The Hall–Kier alpha value is -1.16. The van der Waals surface area contributed by atoms with Crippen molar-refractivity contribution in [3.05, 3.63) is 65.3 Å². The number of aromatic nitrogens is 4. The number of benzene rings is 1. The maximum absolute atomic E-state index is 12.6. The van der Waals surface area contributed by atoms with Crippen LogP contribution in [0.4, 0.5) is 0 Å². The molecule has 0 unspecified atom stereocenters. The molecule has 0 fully saturated rings. The molecule has 1 amide bonds. The fraction of sp³-hybridized carbons (Fsp3) is 0.263. The molecule has 0 spiro atoms. The minimum Gasteiger partial charge on any atom is -0.788 e. The van der Waals surface area contributed by atoms with E-state index in [4.69, 9.17) is 0 Å². The standard InChI is InChI=1S/C19H22N5O8PS.2Na/c1-19(34(2,30)31,18(26)22-32-33(27,28)29)8-12-23-11-7-15(13-17(23)25)14-3-5-16(6-4-14)24-20-9-10-21-24;;/h3-7,9-11,13H,8,12H2,1-2H3,(H,22,26)(H2,27,28,29);;/q;2*+1/p-2/t19-;;/m1../s1. The first kappa shape index (κ1) is 32.9. The molecule has 3 aromatic rings. The van der Waals surface area contributed by atoms with Gasteiger partial charge < -0.3 is 18.9 Å². The van der Waals surface area contributed by atoms with E-state index in [2.05, 4.69) is 14.8 Å². The van der Waals surface area contributed by atoms with Crippen molar-refractivity contribution in [3.63, 3.8) is 0 Å². The van der Waals surface area contributed by atoms with Crippen LogP contribution in [0.2, 0.25) is 0 Å². The second-order valence-electron chi connectivity index (χ2n) is 7.54. The third kappa shape index (κ3) is 8.17. The van der Waals surface area contributed by atoms with E-state index in [1.165, 1.54) is 27.1 Å². The monoisotopic (exact) mass is 555 g/mol. The van der Waals surface area contributed by atoms with Crippen LogP contribution in [0.25, 0.3) is 16.8 Å². The molecule has 2 aromatic heterocycles. The van der Waals surface area contributed by atoms with Gasteiger partial charge in [0.25, 0.3) is 11.5 Å². The number of hydroxylamine groups is 1. The molecule has 17 heteroatoms. The summed E-state index contributed by atoms with van der Waals surface area (Å²) in [4.78, 5) is 47.5. The Labute approximate surface area is 250 Å². The topological polar surface area (TPSA) is 188 Å². The smallest absolute Gasteiger partial charge is 0.788 e. The number of amides is 1. The molecule has 36 heavy (non-hydrogen) atoms. The second-order valence-corrected chi connectivity index (χ2v) is 11.1. The van der Waals surface area contributed by atoms with Gasteiger partial charge in [-0.1, -0.05) is 12.1 Å².